The third kappa shape index (κ3) is 2.76. The van der Waals surface area contributed by atoms with Crippen molar-refractivity contribution in [3.8, 4) is 0 Å². The Morgan fingerprint density at radius 1 is 1.48 bits per heavy atom. The van der Waals surface area contributed by atoms with Crippen LogP contribution < -0.4 is 0 Å². The van der Waals surface area contributed by atoms with Crippen molar-refractivity contribution in [1.29, 1.82) is 0 Å². The average molecular weight is 308 g/mol. The Balaban J connectivity index is 1.80. The highest BCUT2D eigenvalue weighted by atomic mass is 35.5. The van der Waals surface area contributed by atoms with Crippen LogP contribution in [-0.4, -0.2) is 45.3 Å². The Bertz CT molecular complexity index is 660. The van der Waals surface area contributed by atoms with Crippen molar-refractivity contribution in [2.45, 2.75) is 31.8 Å². The number of benzene rings is 1. The van der Waals surface area contributed by atoms with Crippen LogP contribution in [0.1, 0.15) is 31.2 Å². The zero-order chi connectivity index (χ0) is 15.0. The fraction of sp³-hybridized carbons (Fsp3) is 0.467. The van der Waals surface area contributed by atoms with Gasteiger partial charge in [0.05, 0.1) is 11.7 Å². The lowest BCUT2D eigenvalue weighted by atomic mass is 9.87. The largest absolute Gasteiger partial charge is 0.384 e. The Morgan fingerprint density at radius 3 is 2.86 bits per heavy atom. The number of carbonyl (C=O) groups excluding carboxylic acids is 1. The molecule has 1 atom stereocenters. The van der Waals surface area contributed by atoms with Crippen LogP contribution in [0.4, 0.5) is 0 Å². The molecule has 112 valence electrons. The number of rotatable bonds is 2. The number of nitrogens with zero attached hydrogens (tertiary/aromatic N) is 2. The lowest BCUT2D eigenvalue weighted by Gasteiger charge is -2.33. The third-order valence-corrected chi connectivity index (χ3v) is 4.38. The summed E-state index contributed by atoms with van der Waals surface area (Å²) in [5, 5.41) is 18.2. The van der Waals surface area contributed by atoms with Gasteiger partial charge in [-0.15, -0.1) is 0 Å². The maximum atomic E-state index is 11.8. The van der Waals surface area contributed by atoms with E-state index >= 15 is 0 Å². The minimum absolute atomic E-state index is 0.187. The number of aromatic amines is 1. The molecule has 1 unspecified atom stereocenters. The second-order valence-corrected chi connectivity index (χ2v) is 6.04. The van der Waals surface area contributed by atoms with Crippen LogP contribution in [0.15, 0.2) is 18.3 Å². The van der Waals surface area contributed by atoms with E-state index in [0.29, 0.717) is 24.0 Å². The molecule has 2 N–H and O–H groups in total. The van der Waals surface area contributed by atoms with E-state index in [0.717, 1.165) is 23.7 Å². The maximum absolute atomic E-state index is 11.8. The molecule has 3 rings (SSSR count). The smallest absolute Gasteiger partial charge is 0.251 e. The van der Waals surface area contributed by atoms with Gasteiger partial charge < -0.3 is 10.0 Å². The number of halogens is 1. The number of aromatic nitrogens is 2. The second-order valence-electron chi connectivity index (χ2n) is 5.60. The molecular formula is C15H18ClN3O2. The van der Waals surface area contributed by atoms with Crippen molar-refractivity contribution in [2.24, 2.45) is 0 Å². The summed E-state index contributed by atoms with van der Waals surface area (Å²) in [6.07, 6.45) is 2.65. The van der Waals surface area contributed by atoms with E-state index in [1.165, 1.54) is 12.5 Å². The summed E-state index contributed by atoms with van der Waals surface area (Å²) in [5.74, 6) is 0.176. The molecule has 0 radical (unpaired) electrons. The molecule has 1 aromatic carbocycles. The summed E-state index contributed by atoms with van der Waals surface area (Å²) in [6, 6.07) is 3.87. The van der Waals surface area contributed by atoms with Crippen molar-refractivity contribution in [3.63, 3.8) is 0 Å². The number of piperidine rings is 1. The molecule has 0 saturated carbocycles. The number of nitrogens with one attached hydrogen (secondary N) is 1. The fourth-order valence-corrected chi connectivity index (χ4v) is 3.28. The van der Waals surface area contributed by atoms with Crippen LogP contribution in [0, 0.1) is 0 Å². The van der Waals surface area contributed by atoms with Gasteiger partial charge in [-0.3, -0.25) is 9.89 Å². The van der Waals surface area contributed by atoms with E-state index in [1.807, 2.05) is 18.3 Å². The van der Waals surface area contributed by atoms with Crippen molar-refractivity contribution in [2.75, 3.05) is 13.1 Å². The SMILES string of the molecule is CC(O)C(=O)N1CCC(c2cc(Cl)cc3[nH]ncc23)CC1. The lowest BCUT2D eigenvalue weighted by molar-refractivity contribution is -0.140. The van der Waals surface area contributed by atoms with Gasteiger partial charge in [-0.25, -0.2) is 0 Å². The molecule has 1 amide bonds. The summed E-state index contributed by atoms with van der Waals surface area (Å²) < 4.78 is 0. The average Bonchev–Trinajstić information content (AvgIpc) is 2.93. The van der Waals surface area contributed by atoms with Crippen LogP contribution in [-0.2, 0) is 4.79 Å². The topological polar surface area (TPSA) is 69.2 Å². The predicted molar refractivity (Wildman–Crippen MR) is 81.3 cm³/mol. The van der Waals surface area contributed by atoms with Gasteiger partial charge in [-0.05, 0) is 43.4 Å². The normalized spacial score (nSPS) is 18.1. The van der Waals surface area contributed by atoms with Crippen molar-refractivity contribution in [3.05, 3.63) is 28.9 Å². The third-order valence-electron chi connectivity index (χ3n) is 4.16. The molecule has 1 saturated heterocycles. The number of hydrogen-bond acceptors (Lipinski definition) is 3. The molecule has 0 aliphatic carbocycles. The monoisotopic (exact) mass is 307 g/mol. The summed E-state index contributed by atoms with van der Waals surface area (Å²) >= 11 is 6.18. The van der Waals surface area contributed by atoms with E-state index in [9.17, 15) is 9.90 Å². The van der Waals surface area contributed by atoms with Gasteiger partial charge >= 0.3 is 0 Å². The first kappa shape index (κ1) is 14.4. The molecule has 0 bridgehead atoms. The zero-order valence-corrected chi connectivity index (χ0v) is 12.6. The van der Waals surface area contributed by atoms with Gasteiger partial charge in [-0.1, -0.05) is 11.6 Å². The predicted octanol–water partition coefficient (Wildman–Crippen LogP) is 2.30. The van der Waals surface area contributed by atoms with Crippen LogP contribution in [0.3, 0.4) is 0 Å². The lowest BCUT2D eigenvalue weighted by Crippen LogP contribution is -2.42. The van der Waals surface area contributed by atoms with Crippen LogP contribution >= 0.6 is 11.6 Å². The fourth-order valence-electron chi connectivity index (χ4n) is 3.05. The van der Waals surface area contributed by atoms with Crippen LogP contribution in [0.2, 0.25) is 5.02 Å². The quantitative estimate of drug-likeness (QED) is 0.894. The first-order valence-corrected chi connectivity index (χ1v) is 7.53. The first-order valence-electron chi connectivity index (χ1n) is 7.15. The molecule has 6 heteroatoms. The highest BCUT2D eigenvalue weighted by Gasteiger charge is 2.27. The molecule has 1 fully saturated rings. The van der Waals surface area contributed by atoms with Gasteiger partial charge in [0.15, 0.2) is 0 Å². The molecule has 2 aromatic rings. The second kappa shape index (κ2) is 5.66. The summed E-state index contributed by atoms with van der Waals surface area (Å²) in [7, 11) is 0. The van der Waals surface area contributed by atoms with E-state index in [2.05, 4.69) is 10.2 Å². The number of likely N-dealkylation sites (tertiary alicyclic amines) is 1. The summed E-state index contributed by atoms with van der Waals surface area (Å²) in [5.41, 5.74) is 2.13. The molecule has 1 aliphatic heterocycles. The van der Waals surface area contributed by atoms with Crippen LogP contribution in [0.5, 0.6) is 0 Å². The maximum Gasteiger partial charge on any atom is 0.251 e. The number of H-pyrrole nitrogens is 1. The van der Waals surface area contributed by atoms with Gasteiger partial charge in [0.25, 0.3) is 5.91 Å². The molecular weight excluding hydrogens is 290 g/mol. The Morgan fingerprint density at radius 2 is 2.19 bits per heavy atom. The standard InChI is InChI=1S/C15H18ClN3O2/c1-9(20)15(21)19-4-2-10(3-5-19)12-6-11(16)7-14-13(12)8-17-18-14/h6-10,20H,2-5H2,1H3,(H,17,18). The van der Waals surface area contributed by atoms with Gasteiger partial charge in [0.2, 0.25) is 0 Å². The molecule has 0 spiro atoms. The zero-order valence-electron chi connectivity index (χ0n) is 11.8. The van der Waals surface area contributed by atoms with E-state index in [-0.39, 0.29) is 5.91 Å². The minimum atomic E-state index is -0.923. The molecule has 5 nitrogen and oxygen atoms in total. The number of aliphatic hydroxyl groups excluding tert-OH is 1. The number of amides is 1. The minimum Gasteiger partial charge on any atom is -0.384 e. The summed E-state index contributed by atoms with van der Waals surface area (Å²) in [4.78, 5) is 13.5. The van der Waals surface area contributed by atoms with Crippen molar-refractivity contribution < 1.29 is 9.90 Å². The number of carbonyl (C=O) groups is 1. The van der Waals surface area contributed by atoms with Crippen LogP contribution in [0.25, 0.3) is 10.9 Å². The number of hydrogen-bond donors (Lipinski definition) is 2. The number of aliphatic hydroxyl groups is 1. The Labute approximate surface area is 127 Å². The van der Waals surface area contributed by atoms with E-state index in [4.69, 9.17) is 11.6 Å². The van der Waals surface area contributed by atoms with E-state index < -0.39 is 6.10 Å². The summed E-state index contributed by atoms with van der Waals surface area (Å²) in [6.45, 7) is 2.85. The van der Waals surface area contributed by atoms with Gasteiger partial charge in [0, 0.05) is 23.5 Å². The molecule has 2 heterocycles. The van der Waals surface area contributed by atoms with E-state index in [1.54, 1.807) is 4.90 Å². The Hall–Kier alpha value is -1.59. The van der Waals surface area contributed by atoms with Gasteiger partial charge in [-0.2, -0.15) is 5.10 Å². The molecule has 1 aromatic heterocycles. The number of fused-ring (bicyclic) bond motifs is 1. The van der Waals surface area contributed by atoms with Crippen molar-refractivity contribution >= 4 is 28.4 Å². The van der Waals surface area contributed by atoms with Gasteiger partial charge in [0.1, 0.15) is 6.10 Å². The molecule has 1 aliphatic rings. The van der Waals surface area contributed by atoms with Crippen molar-refractivity contribution in [1.82, 2.24) is 15.1 Å². The first-order chi connectivity index (χ1) is 10.1. The Kier molecular flexibility index (Phi) is 3.87. The highest BCUT2D eigenvalue weighted by Crippen LogP contribution is 2.34. The molecule has 21 heavy (non-hydrogen) atoms. The highest BCUT2D eigenvalue weighted by molar-refractivity contribution is 6.31.